The lowest BCUT2D eigenvalue weighted by Crippen LogP contribution is -2.40. The van der Waals surface area contributed by atoms with Gasteiger partial charge in [0, 0.05) is 37.9 Å². The first-order valence-corrected chi connectivity index (χ1v) is 6.85. The van der Waals surface area contributed by atoms with Crippen molar-refractivity contribution in [3.8, 4) is 0 Å². The van der Waals surface area contributed by atoms with E-state index in [1.165, 1.54) is 11.8 Å². The first kappa shape index (κ1) is 14.3. The highest BCUT2D eigenvalue weighted by Gasteiger charge is 2.22. The quantitative estimate of drug-likeness (QED) is 0.737. The van der Waals surface area contributed by atoms with Gasteiger partial charge in [-0.1, -0.05) is 18.7 Å². The van der Waals surface area contributed by atoms with Gasteiger partial charge in [0.15, 0.2) is 0 Å². The molecule has 1 aliphatic rings. The van der Waals surface area contributed by atoms with E-state index in [2.05, 4.69) is 5.32 Å². The van der Waals surface area contributed by atoms with Crippen LogP contribution in [0.25, 0.3) is 0 Å². The zero-order valence-electron chi connectivity index (χ0n) is 10.3. The third kappa shape index (κ3) is 4.55. The standard InChI is InChI=1S/C11H20N2O3S/c1-8(7-14)9(2)12-10(15)3-4-13-5-6-17-11(13)16/h8-9,14H,3-7H2,1-2H3,(H,12,15). The molecular weight excluding hydrogens is 240 g/mol. The van der Waals surface area contributed by atoms with Crippen molar-refractivity contribution in [1.29, 1.82) is 0 Å². The van der Waals surface area contributed by atoms with Crippen LogP contribution in [0.2, 0.25) is 0 Å². The van der Waals surface area contributed by atoms with E-state index in [0.717, 1.165) is 12.3 Å². The topological polar surface area (TPSA) is 69.6 Å². The normalized spacial score (nSPS) is 19.2. The third-order valence-corrected chi connectivity index (χ3v) is 3.88. The Morgan fingerprint density at radius 3 is 2.82 bits per heavy atom. The Balaban J connectivity index is 2.23. The number of nitrogens with zero attached hydrogens (tertiary/aromatic N) is 1. The van der Waals surface area contributed by atoms with Crippen LogP contribution in [-0.4, -0.2) is 52.6 Å². The molecule has 1 aliphatic heterocycles. The van der Waals surface area contributed by atoms with Gasteiger partial charge in [0.05, 0.1) is 0 Å². The van der Waals surface area contributed by atoms with Crippen LogP contribution in [0.5, 0.6) is 0 Å². The van der Waals surface area contributed by atoms with Crippen LogP contribution in [-0.2, 0) is 4.79 Å². The van der Waals surface area contributed by atoms with Crippen molar-refractivity contribution in [1.82, 2.24) is 10.2 Å². The molecular formula is C11H20N2O3S. The van der Waals surface area contributed by atoms with Crippen molar-refractivity contribution < 1.29 is 14.7 Å². The van der Waals surface area contributed by atoms with E-state index in [0.29, 0.717) is 13.0 Å². The van der Waals surface area contributed by atoms with Gasteiger partial charge in [0.2, 0.25) is 5.91 Å². The van der Waals surface area contributed by atoms with E-state index in [-0.39, 0.29) is 29.7 Å². The van der Waals surface area contributed by atoms with Crippen molar-refractivity contribution in [2.24, 2.45) is 5.92 Å². The number of amides is 2. The number of carbonyl (C=O) groups is 2. The average molecular weight is 260 g/mol. The van der Waals surface area contributed by atoms with Crippen molar-refractivity contribution in [3.05, 3.63) is 0 Å². The summed E-state index contributed by atoms with van der Waals surface area (Å²) in [6.45, 7) is 5.03. The Morgan fingerprint density at radius 2 is 2.29 bits per heavy atom. The summed E-state index contributed by atoms with van der Waals surface area (Å²) in [6.07, 6.45) is 0.328. The van der Waals surface area contributed by atoms with Crippen LogP contribution in [0.3, 0.4) is 0 Å². The number of carbonyl (C=O) groups excluding carboxylic acids is 2. The van der Waals surface area contributed by atoms with Crippen molar-refractivity contribution >= 4 is 22.9 Å². The van der Waals surface area contributed by atoms with E-state index in [9.17, 15) is 9.59 Å². The second kappa shape index (κ2) is 6.86. The lowest BCUT2D eigenvalue weighted by molar-refractivity contribution is -0.122. The minimum Gasteiger partial charge on any atom is -0.396 e. The minimum absolute atomic E-state index is 0.0444. The number of aliphatic hydroxyl groups is 1. The molecule has 0 saturated carbocycles. The first-order chi connectivity index (χ1) is 8.04. The predicted molar refractivity (Wildman–Crippen MR) is 67.9 cm³/mol. The van der Waals surface area contributed by atoms with Crippen LogP contribution in [0.15, 0.2) is 0 Å². The summed E-state index contributed by atoms with van der Waals surface area (Å²) in [5, 5.41) is 11.8. The molecule has 2 amide bonds. The number of aliphatic hydroxyl groups excluding tert-OH is 1. The van der Waals surface area contributed by atoms with Gasteiger partial charge in [-0.25, -0.2) is 0 Å². The molecule has 0 aromatic heterocycles. The third-order valence-electron chi connectivity index (χ3n) is 2.98. The molecule has 0 radical (unpaired) electrons. The molecule has 1 heterocycles. The zero-order chi connectivity index (χ0) is 12.8. The molecule has 0 spiro atoms. The highest BCUT2D eigenvalue weighted by atomic mass is 32.2. The summed E-state index contributed by atoms with van der Waals surface area (Å²) in [6, 6.07) is -0.0452. The first-order valence-electron chi connectivity index (χ1n) is 5.86. The fraction of sp³-hybridized carbons (Fsp3) is 0.818. The van der Waals surface area contributed by atoms with Gasteiger partial charge in [0.25, 0.3) is 5.24 Å². The van der Waals surface area contributed by atoms with Crippen molar-refractivity contribution in [2.45, 2.75) is 26.3 Å². The number of hydrogen-bond acceptors (Lipinski definition) is 4. The maximum atomic E-state index is 11.6. The maximum absolute atomic E-state index is 11.6. The molecule has 98 valence electrons. The van der Waals surface area contributed by atoms with E-state index in [4.69, 9.17) is 5.11 Å². The molecule has 1 saturated heterocycles. The molecule has 1 fully saturated rings. The van der Waals surface area contributed by atoms with Gasteiger partial charge in [-0.2, -0.15) is 0 Å². The monoisotopic (exact) mass is 260 g/mol. The van der Waals surface area contributed by atoms with Crippen LogP contribution in [0.4, 0.5) is 4.79 Å². The molecule has 0 aliphatic carbocycles. The minimum atomic E-state index is -0.0671. The summed E-state index contributed by atoms with van der Waals surface area (Å²) < 4.78 is 0. The molecule has 6 heteroatoms. The van der Waals surface area contributed by atoms with E-state index >= 15 is 0 Å². The second-order valence-corrected chi connectivity index (χ2v) is 5.41. The fourth-order valence-electron chi connectivity index (χ4n) is 1.49. The van der Waals surface area contributed by atoms with Gasteiger partial charge in [-0.05, 0) is 12.8 Å². The number of nitrogens with one attached hydrogen (secondary N) is 1. The molecule has 2 N–H and O–H groups in total. The fourth-order valence-corrected chi connectivity index (χ4v) is 2.34. The van der Waals surface area contributed by atoms with Crippen LogP contribution in [0, 0.1) is 5.92 Å². The van der Waals surface area contributed by atoms with Gasteiger partial charge in [0.1, 0.15) is 0 Å². The van der Waals surface area contributed by atoms with E-state index in [1.807, 2.05) is 13.8 Å². The van der Waals surface area contributed by atoms with Crippen molar-refractivity contribution in [3.63, 3.8) is 0 Å². The highest BCUT2D eigenvalue weighted by molar-refractivity contribution is 8.13. The number of thioether (sulfide) groups is 1. The zero-order valence-corrected chi connectivity index (χ0v) is 11.1. The summed E-state index contributed by atoms with van der Waals surface area (Å²) >= 11 is 1.30. The SMILES string of the molecule is CC(CO)C(C)NC(=O)CCN1CCSC1=O. The smallest absolute Gasteiger partial charge is 0.281 e. The summed E-state index contributed by atoms with van der Waals surface area (Å²) in [5.41, 5.74) is 0. The Morgan fingerprint density at radius 1 is 1.59 bits per heavy atom. The van der Waals surface area contributed by atoms with Crippen LogP contribution >= 0.6 is 11.8 Å². The molecule has 2 unspecified atom stereocenters. The van der Waals surface area contributed by atoms with E-state index in [1.54, 1.807) is 4.90 Å². The Bertz CT molecular complexity index is 286. The lowest BCUT2D eigenvalue weighted by atomic mass is 10.1. The largest absolute Gasteiger partial charge is 0.396 e. The van der Waals surface area contributed by atoms with Crippen molar-refractivity contribution in [2.75, 3.05) is 25.4 Å². The Hall–Kier alpha value is -0.750. The van der Waals surface area contributed by atoms with Crippen LogP contribution in [0.1, 0.15) is 20.3 Å². The molecule has 2 atom stereocenters. The molecule has 17 heavy (non-hydrogen) atoms. The Kier molecular flexibility index (Phi) is 5.77. The predicted octanol–water partition coefficient (Wildman–Crippen LogP) is 0.678. The summed E-state index contributed by atoms with van der Waals surface area (Å²) in [5.74, 6) is 0.795. The van der Waals surface area contributed by atoms with Gasteiger partial charge in [-0.3, -0.25) is 9.59 Å². The highest BCUT2D eigenvalue weighted by Crippen LogP contribution is 2.17. The van der Waals surface area contributed by atoms with Crippen LogP contribution < -0.4 is 5.32 Å². The molecule has 5 nitrogen and oxygen atoms in total. The van der Waals surface area contributed by atoms with Gasteiger partial charge >= 0.3 is 0 Å². The lowest BCUT2D eigenvalue weighted by Gasteiger charge is -2.20. The maximum Gasteiger partial charge on any atom is 0.281 e. The average Bonchev–Trinajstić information content (AvgIpc) is 2.71. The van der Waals surface area contributed by atoms with Gasteiger partial charge in [-0.15, -0.1) is 0 Å². The summed E-state index contributed by atoms with van der Waals surface area (Å²) in [4.78, 5) is 24.6. The molecule has 1 rings (SSSR count). The van der Waals surface area contributed by atoms with Gasteiger partial charge < -0.3 is 15.3 Å². The van der Waals surface area contributed by atoms with E-state index < -0.39 is 0 Å². The second-order valence-electron chi connectivity index (χ2n) is 4.37. The summed E-state index contributed by atoms with van der Waals surface area (Å²) in [7, 11) is 0. The molecule has 0 aromatic rings. The molecule has 0 aromatic carbocycles. The number of hydrogen-bond donors (Lipinski definition) is 2. The molecule has 0 bridgehead atoms. The Labute approximate surface area is 106 Å². The number of rotatable bonds is 6.